The average molecular weight is 580 g/mol. The highest BCUT2D eigenvalue weighted by Gasteiger charge is 2.31. The van der Waals surface area contributed by atoms with E-state index in [0.29, 0.717) is 42.1 Å². The third-order valence-electron chi connectivity index (χ3n) is 6.51. The maximum absolute atomic E-state index is 12.7. The van der Waals surface area contributed by atoms with Crippen LogP contribution in [0.15, 0.2) is 53.4 Å². The zero-order valence-electron chi connectivity index (χ0n) is 24.2. The summed E-state index contributed by atoms with van der Waals surface area (Å²) in [7, 11) is 0. The Morgan fingerprint density at radius 2 is 1.83 bits per heavy atom. The number of aromatic carboxylic acids is 1. The number of nitrogens with one attached hydrogen (secondary N) is 2. The molecule has 1 aliphatic heterocycles. The minimum atomic E-state index is -0.994. The molecule has 10 nitrogen and oxygen atoms in total. The number of nitrogens with zero attached hydrogens (tertiary/aromatic N) is 3. The average Bonchev–Trinajstić information content (AvgIpc) is 2.91. The molecule has 1 aromatic heterocycles. The molecule has 1 fully saturated rings. The van der Waals surface area contributed by atoms with Crippen molar-refractivity contribution in [2.24, 2.45) is 0 Å². The molecule has 1 aliphatic rings. The second-order valence-electron chi connectivity index (χ2n) is 11.0. The van der Waals surface area contributed by atoms with E-state index < -0.39 is 11.6 Å². The largest absolute Gasteiger partial charge is 0.478 e. The van der Waals surface area contributed by atoms with Crippen LogP contribution in [0, 0.1) is 13.8 Å². The topological polar surface area (TPSA) is 126 Å². The van der Waals surface area contributed by atoms with Crippen LogP contribution in [0.1, 0.15) is 49.2 Å². The lowest BCUT2D eigenvalue weighted by Gasteiger charge is -2.37. The number of rotatable bonds is 8. The van der Waals surface area contributed by atoms with Crippen LogP contribution in [0.5, 0.6) is 5.88 Å². The maximum Gasteiger partial charge on any atom is 0.410 e. The quantitative estimate of drug-likeness (QED) is 0.292. The molecule has 3 aromatic rings. The van der Waals surface area contributed by atoms with E-state index in [0.717, 1.165) is 16.7 Å². The fourth-order valence-corrected chi connectivity index (χ4v) is 5.17. The molecule has 2 aromatic carbocycles. The van der Waals surface area contributed by atoms with Crippen LogP contribution in [0.3, 0.4) is 0 Å². The number of aromatic nitrogens is 2. The smallest absolute Gasteiger partial charge is 0.410 e. The van der Waals surface area contributed by atoms with Crippen molar-refractivity contribution < 1.29 is 24.2 Å². The first-order valence-electron chi connectivity index (χ1n) is 13.5. The number of aryl methyl sites for hydroxylation is 2. The molecule has 11 heteroatoms. The van der Waals surface area contributed by atoms with Crippen molar-refractivity contribution in [3.05, 3.63) is 65.2 Å². The number of ether oxygens (including phenoxy) is 2. The molecule has 0 aliphatic carbocycles. The van der Waals surface area contributed by atoms with Crippen molar-refractivity contribution >= 4 is 30.0 Å². The summed E-state index contributed by atoms with van der Waals surface area (Å²) in [6.45, 7) is 13.2. The number of carbonyl (C=O) groups is 2. The Morgan fingerprint density at radius 3 is 2.51 bits per heavy atom. The van der Waals surface area contributed by atoms with E-state index in [-0.39, 0.29) is 23.8 Å². The SMILES string of the molecule is Cc1cccc(C)c1-c1cc(OC(C)C2CN(C(=O)OC(C)(C)C)CCN2)nc(NSc2cccc(C(=O)O)c2)n1. The molecule has 218 valence electrons. The van der Waals surface area contributed by atoms with Crippen molar-refractivity contribution in [3.63, 3.8) is 0 Å². The number of benzene rings is 2. The number of carboxylic acid groups (broad SMARTS) is 1. The lowest BCUT2D eigenvalue weighted by molar-refractivity contribution is 0.0140. The van der Waals surface area contributed by atoms with E-state index in [1.165, 1.54) is 11.9 Å². The zero-order chi connectivity index (χ0) is 29.7. The molecule has 0 radical (unpaired) electrons. The van der Waals surface area contributed by atoms with Gasteiger partial charge in [-0.05, 0) is 82.8 Å². The Labute approximate surface area is 245 Å². The van der Waals surface area contributed by atoms with E-state index in [9.17, 15) is 14.7 Å². The summed E-state index contributed by atoms with van der Waals surface area (Å²) >= 11 is 1.22. The van der Waals surface area contributed by atoms with Gasteiger partial charge in [0.2, 0.25) is 11.8 Å². The minimum Gasteiger partial charge on any atom is -0.478 e. The van der Waals surface area contributed by atoms with Crippen LogP contribution < -0.4 is 14.8 Å². The Kier molecular flexibility index (Phi) is 9.39. The van der Waals surface area contributed by atoms with Gasteiger partial charge in [-0.1, -0.05) is 24.3 Å². The third kappa shape index (κ3) is 8.11. The highest BCUT2D eigenvalue weighted by Crippen LogP contribution is 2.30. The summed E-state index contributed by atoms with van der Waals surface area (Å²) in [5, 5.41) is 12.8. The standard InChI is InChI=1S/C30H37N5O5S/c1-18-9-7-10-19(2)26(18)23-16-25(33-28(32-23)34-41-22-12-8-11-21(15-22)27(36)37)39-20(3)24-17-35(14-13-31-24)29(38)40-30(4,5)6/h7-12,15-16,20,24,31H,13-14,17H2,1-6H3,(H,36,37)(H,32,33,34). The van der Waals surface area contributed by atoms with Gasteiger partial charge in [0.15, 0.2) is 0 Å². The van der Waals surface area contributed by atoms with Crippen molar-refractivity contribution in [1.82, 2.24) is 20.2 Å². The van der Waals surface area contributed by atoms with Gasteiger partial charge in [0.05, 0.1) is 17.3 Å². The normalized spacial score (nSPS) is 16.1. The number of hydrogen-bond acceptors (Lipinski definition) is 9. The lowest BCUT2D eigenvalue weighted by atomic mass is 10.00. The van der Waals surface area contributed by atoms with E-state index in [2.05, 4.69) is 15.0 Å². The monoisotopic (exact) mass is 579 g/mol. The van der Waals surface area contributed by atoms with Crippen molar-refractivity contribution in [1.29, 1.82) is 0 Å². The van der Waals surface area contributed by atoms with E-state index >= 15 is 0 Å². The van der Waals surface area contributed by atoms with Gasteiger partial charge in [-0.25, -0.2) is 14.6 Å². The van der Waals surface area contributed by atoms with Gasteiger partial charge in [-0.15, -0.1) is 0 Å². The Morgan fingerprint density at radius 1 is 1.12 bits per heavy atom. The van der Waals surface area contributed by atoms with Gasteiger partial charge in [0, 0.05) is 36.2 Å². The van der Waals surface area contributed by atoms with Crippen LogP contribution in [0.4, 0.5) is 10.7 Å². The first-order valence-corrected chi connectivity index (χ1v) is 14.3. The summed E-state index contributed by atoms with van der Waals surface area (Å²) in [5.74, 6) is -0.291. The molecule has 1 amide bonds. The van der Waals surface area contributed by atoms with Crippen LogP contribution in [0.2, 0.25) is 0 Å². The van der Waals surface area contributed by atoms with Gasteiger partial charge in [-0.3, -0.25) is 4.72 Å². The van der Waals surface area contributed by atoms with Gasteiger partial charge >= 0.3 is 12.1 Å². The third-order valence-corrected chi connectivity index (χ3v) is 7.29. The summed E-state index contributed by atoms with van der Waals surface area (Å²) < 4.78 is 15.1. The van der Waals surface area contributed by atoms with Gasteiger partial charge in [0.1, 0.15) is 11.7 Å². The van der Waals surface area contributed by atoms with Crippen LogP contribution in [-0.2, 0) is 4.74 Å². The van der Waals surface area contributed by atoms with Crippen LogP contribution in [-0.4, -0.2) is 69.4 Å². The molecular formula is C30H37N5O5S. The molecule has 0 spiro atoms. The number of piperazine rings is 1. The van der Waals surface area contributed by atoms with Gasteiger partial charge in [0.25, 0.3) is 0 Å². The Bertz CT molecular complexity index is 1390. The molecule has 0 saturated carbocycles. The lowest BCUT2D eigenvalue weighted by Crippen LogP contribution is -2.58. The summed E-state index contributed by atoms with van der Waals surface area (Å²) in [5.41, 5.74) is 3.45. The second kappa shape index (κ2) is 12.8. The molecule has 0 bridgehead atoms. The van der Waals surface area contributed by atoms with E-state index in [1.54, 1.807) is 23.1 Å². The zero-order valence-corrected chi connectivity index (χ0v) is 25.0. The van der Waals surface area contributed by atoms with Crippen LogP contribution in [0.25, 0.3) is 11.3 Å². The number of hydrogen-bond donors (Lipinski definition) is 3. The fraction of sp³-hybridized carbons (Fsp3) is 0.400. The highest BCUT2D eigenvalue weighted by atomic mass is 32.2. The molecule has 2 unspecified atom stereocenters. The van der Waals surface area contributed by atoms with Crippen molar-refractivity contribution in [2.45, 2.75) is 64.2 Å². The number of anilines is 1. The van der Waals surface area contributed by atoms with Crippen LogP contribution >= 0.6 is 11.9 Å². The Balaban J connectivity index is 1.57. The van der Waals surface area contributed by atoms with Crippen molar-refractivity contribution in [2.75, 3.05) is 24.4 Å². The van der Waals surface area contributed by atoms with E-state index in [1.807, 2.05) is 71.9 Å². The number of amides is 1. The summed E-state index contributed by atoms with van der Waals surface area (Å²) in [6.07, 6.45) is -0.667. The van der Waals surface area contributed by atoms with Crippen molar-refractivity contribution in [3.8, 4) is 17.1 Å². The number of carboxylic acids is 1. The first-order chi connectivity index (χ1) is 19.4. The molecule has 41 heavy (non-hydrogen) atoms. The predicted molar refractivity (Wildman–Crippen MR) is 160 cm³/mol. The first kappa shape index (κ1) is 30.1. The molecule has 1 saturated heterocycles. The second-order valence-corrected chi connectivity index (χ2v) is 11.9. The molecular weight excluding hydrogens is 542 g/mol. The van der Waals surface area contributed by atoms with E-state index in [4.69, 9.17) is 14.5 Å². The summed E-state index contributed by atoms with van der Waals surface area (Å²) in [4.78, 5) is 35.8. The fourth-order valence-electron chi connectivity index (χ4n) is 4.53. The maximum atomic E-state index is 12.7. The molecule has 3 N–H and O–H groups in total. The molecule has 2 atom stereocenters. The Hall–Kier alpha value is -3.83. The van der Waals surface area contributed by atoms with Gasteiger partial charge < -0.3 is 24.8 Å². The molecule has 4 rings (SSSR count). The highest BCUT2D eigenvalue weighted by molar-refractivity contribution is 8.00. The molecule has 2 heterocycles. The minimum absolute atomic E-state index is 0.139. The van der Waals surface area contributed by atoms with Gasteiger partial charge in [-0.2, -0.15) is 4.98 Å². The summed E-state index contributed by atoms with van der Waals surface area (Å²) in [6, 6.07) is 14.4. The number of carbonyl (C=O) groups excluding carboxylic acids is 1. The predicted octanol–water partition coefficient (Wildman–Crippen LogP) is 5.55.